The highest BCUT2D eigenvalue weighted by Gasteiger charge is 2.23. The quantitative estimate of drug-likeness (QED) is 0.385. The monoisotopic (exact) mass is 485 g/mol. The van der Waals surface area contributed by atoms with Gasteiger partial charge in [0, 0.05) is 49.8 Å². The van der Waals surface area contributed by atoms with Gasteiger partial charge < -0.3 is 9.80 Å². The van der Waals surface area contributed by atoms with Crippen molar-refractivity contribution in [1.82, 2.24) is 29.6 Å². The van der Waals surface area contributed by atoms with E-state index in [2.05, 4.69) is 87.4 Å². The Hall–Kier alpha value is -3.72. The summed E-state index contributed by atoms with van der Waals surface area (Å²) >= 11 is 1.43. The highest BCUT2D eigenvalue weighted by Crippen LogP contribution is 2.28. The molecule has 0 unspecified atom stereocenters. The average molecular weight is 486 g/mol. The number of carbonyl (C=O) groups is 1. The van der Waals surface area contributed by atoms with E-state index in [-0.39, 0.29) is 5.91 Å². The van der Waals surface area contributed by atoms with Gasteiger partial charge >= 0.3 is 0 Å². The maximum absolute atomic E-state index is 13.0. The third-order valence-electron chi connectivity index (χ3n) is 6.07. The number of anilines is 1. The summed E-state index contributed by atoms with van der Waals surface area (Å²) in [4.78, 5) is 25.6. The van der Waals surface area contributed by atoms with E-state index in [9.17, 15) is 4.79 Å². The lowest BCUT2D eigenvalue weighted by Crippen LogP contribution is -2.49. The van der Waals surface area contributed by atoms with Crippen LogP contribution < -0.4 is 4.90 Å². The van der Waals surface area contributed by atoms with E-state index in [1.807, 2.05) is 9.47 Å². The summed E-state index contributed by atoms with van der Waals surface area (Å²) in [7, 11) is 0. The van der Waals surface area contributed by atoms with Crippen LogP contribution >= 0.6 is 11.8 Å². The van der Waals surface area contributed by atoms with Gasteiger partial charge in [-0.2, -0.15) is 0 Å². The van der Waals surface area contributed by atoms with E-state index in [1.54, 1.807) is 18.6 Å². The second kappa shape index (κ2) is 10.3. The predicted octanol–water partition coefficient (Wildman–Crippen LogP) is 3.78. The van der Waals surface area contributed by atoms with Gasteiger partial charge in [-0.25, -0.2) is 4.98 Å². The number of rotatable bonds is 6. The summed E-state index contributed by atoms with van der Waals surface area (Å²) < 4.78 is 2.04. The number of nitrogens with zero attached hydrogens (tertiary/aromatic N) is 7. The smallest absolute Gasteiger partial charge is 0.233 e. The number of amides is 1. The zero-order valence-electron chi connectivity index (χ0n) is 19.8. The molecule has 0 saturated carbocycles. The van der Waals surface area contributed by atoms with Crippen molar-refractivity contribution >= 4 is 23.5 Å². The summed E-state index contributed by atoms with van der Waals surface area (Å²) in [6.45, 7) is 6.94. The normalized spacial score (nSPS) is 13.8. The third-order valence-corrected chi connectivity index (χ3v) is 6.98. The molecule has 1 aliphatic rings. The molecular weight excluding hydrogens is 458 g/mol. The minimum absolute atomic E-state index is 0.101. The summed E-state index contributed by atoms with van der Waals surface area (Å²) in [6, 6.07) is 16.5. The molecule has 0 bridgehead atoms. The van der Waals surface area contributed by atoms with Gasteiger partial charge in [-0.1, -0.05) is 59.3 Å². The van der Waals surface area contributed by atoms with Gasteiger partial charge in [0.25, 0.3) is 0 Å². The number of aromatic nitrogens is 5. The van der Waals surface area contributed by atoms with E-state index in [0.717, 1.165) is 36.0 Å². The van der Waals surface area contributed by atoms with Gasteiger partial charge in [0.15, 0.2) is 11.0 Å². The number of carbonyl (C=O) groups excluding carboxylic acids is 1. The molecule has 5 rings (SSSR count). The Morgan fingerprint density at radius 1 is 0.886 bits per heavy atom. The Bertz CT molecular complexity index is 1280. The van der Waals surface area contributed by atoms with Gasteiger partial charge in [0.05, 0.1) is 11.9 Å². The Labute approximate surface area is 209 Å². The molecule has 1 aliphatic heterocycles. The van der Waals surface area contributed by atoms with Crippen LogP contribution in [0.15, 0.2) is 72.3 Å². The molecule has 0 N–H and O–H groups in total. The number of benzene rings is 2. The number of aryl methyl sites for hydroxylation is 2. The lowest BCUT2D eigenvalue weighted by Gasteiger charge is -2.35. The molecule has 2 aromatic carbocycles. The summed E-state index contributed by atoms with van der Waals surface area (Å²) in [5.74, 6) is 2.03. The molecule has 0 aliphatic carbocycles. The predicted molar refractivity (Wildman–Crippen MR) is 138 cm³/mol. The van der Waals surface area contributed by atoms with E-state index < -0.39 is 0 Å². The Balaban J connectivity index is 1.30. The van der Waals surface area contributed by atoms with Crippen LogP contribution in [0.3, 0.4) is 0 Å². The van der Waals surface area contributed by atoms with Crippen LogP contribution in [0.5, 0.6) is 0 Å². The fourth-order valence-electron chi connectivity index (χ4n) is 4.04. The first-order chi connectivity index (χ1) is 17.1. The molecular formula is C26H27N7OS. The van der Waals surface area contributed by atoms with E-state index >= 15 is 0 Å². The maximum Gasteiger partial charge on any atom is 0.233 e. The van der Waals surface area contributed by atoms with Crippen molar-refractivity contribution in [2.24, 2.45) is 0 Å². The largest absolute Gasteiger partial charge is 0.352 e. The average Bonchev–Trinajstić information content (AvgIpc) is 3.32. The lowest BCUT2D eigenvalue weighted by atomic mass is 10.1. The van der Waals surface area contributed by atoms with Crippen molar-refractivity contribution in [1.29, 1.82) is 0 Å². The second-order valence-electron chi connectivity index (χ2n) is 8.56. The molecule has 1 saturated heterocycles. The molecule has 8 nitrogen and oxygen atoms in total. The van der Waals surface area contributed by atoms with Crippen LogP contribution in [0.25, 0.3) is 17.1 Å². The first-order valence-electron chi connectivity index (χ1n) is 11.6. The van der Waals surface area contributed by atoms with Crippen molar-refractivity contribution in [3.8, 4) is 17.1 Å². The molecule has 178 valence electrons. The maximum atomic E-state index is 13.0. The minimum Gasteiger partial charge on any atom is -0.352 e. The lowest BCUT2D eigenvalue weighted by molar-refractivity contribution is -0.128. The molecule has 1 fully saturated rings. The molecule has 4 aromatic rings. The zero-order chi connectivity index (χ0) is 24.2. The van der Waals surface area contributed by atoms with Crippen molar-refractivity contribution in [2.45, 2.75) is 19.0 Å². The van der Waals surface area contributed by atoms with Crippen LogP contribution in [-0.2, 0) is 4.79 Å². The summed E-state index contributed by atoms with van der Waals surface area (Å²) in [5.41, 5.74) is 4.34. The van der Waals surface area contributed by atoms with Crippen molar-refractivity contribution < 1.29 is 4.79 Å². The Kier molecular flexibility index (Phi) is 6.76. The molecule has 0 radical (unpaired) electrons. The van der Waals surface area contributed by atoms with E-state index in [4.69, 9.17) is 0 Å². The van der Waals surface area contributed by atoms with Crippen LogP contribution in [0.2, 0.25) is 0 Å². The van der Waals surface area contributed by atoms with Crippen LogP contribution in [0, 0.1) is 13.8 Å². The van der Waals surface area contributed by atoms with Gasteiger partial charge in [0.2, 0.25) is 5.91 Å². The molecule has 3 heterocycles. The Morgan fingerprint density at radius 3 is 2.23 bits per heavy atom. The molecule has 1 amide bonds. The number of hydrogen-bond acceptors (Lipinski definition) is 7. The summed E-state index contributed by atoms with van der Waals surface area (Å²) in [6.07, 6.45) is 5.12. The van der Waals surface area contributed by atoms with Crippen molar-refractivity contribution in [3.63, 3.8) is 0 Å². The molecule has 9 heteroatoms. The van der Waals surface area contributed by atoms with Gasteiger partial charge in [-0.05, 0) is 26.0 Å². The number of hydrogen-bond donors (Lipinski definition) is 0. The highest BCUT2D eigenvalue weighted by atomic mass is 32.2. The molecule has 0 spiro atoms. The van der Waals surface area contributed by atoms with Crippen LogP contribution in [0.1, 0.15) is 11.1 Å². The van der Waals surface area contributed by atoms with Gasteiger partial charge in [-0.15, -0.1) is 10.2 Å². The van der Waals surface area contributed by atoms with Crippen molar-refractivity contribution in [2.75, 3.05) is 36.8 Å². The number of thioether (sulfide) groups is 1. The Morgan fingerprint density at radius 2 is 1.57 bits per heavy atom. The fraction of sp³-hybridized carbons (Fsp3) is 0.269. The zero-order valence-corrected chi connectivity index (χ0v) is 20.6. The standard InChI is InChI=1S/C26H27N7OS/c1-19-3-7-21(8-4-19)25-29-30-26(33(25)22-9-5-20(2)6-10-22)35-18-24(34)32-15-13-31(14-16-32)23-17-27-11-12-28-23/h3-12,17H,13-16,18H2,1-2H3. The topological polar surface area (TPSA) is 80.0 Å². The third kappa shape index (κ3) is 5.19. The fourth-order valence-corrected chi connectivity index (χ4v) is 4.89. The molecule has 35 heavy (non-hydrogen) atoms. The SMILES string of the molecule is Cc1ccc(-c2nnc(SCC(=O)N3CCN(c4cnccn4)CC3)n2-c2ccc(C)cc2)cc1. The van der Waals surface area contributed by atoms with Crippen LogP contribution in [-0.4, -0.2) is 67.5 Å². The molecule has 2 aromatic heterocycles. The van der Waals surface area contributed by atoms with E-state index in [0.29, 0.717) is 24.0 Å². The van der Waals surface area contributed by atoms with Gasteiger partial charge in [-0.3, -0.25) is 14.3 Å². The second-order valence-corrected chi connectivity index (χ2v) is 9.51. The number of piperazine rings is 1. The first kappa shape index (κ1) is 23.0. The van der Waals surface area contributed by atoms with Crippen LogP contribution in [0.4, 0.5) is 5.82 Å². The molecule has 0 atom stereocenters. The van der Waals surface area contributed by atoms with E-state index in [1.165, 1.54) is 22.9 Å². The minimum atomic E-state index is 0.101. The summed E-state index contributed by atoms with van der Waals surface area (Å²) in [5, 5.41) is 9.67. The first-order valence-corrected chi connectivity index (χ1v) is 12.6. The van der Waals surface area contributed by atoms with Gasteiger partial charge in [0.1, 0.15) is 5.82 Å². The van der Waals surface area contributed by atoms with Crippen molar-refractivity contribution in [3.05, 3.63) is 78.2 Å². The highest BCUT2D eigenvalue weighted by molar-refractivity contribution is 7.99.